The van der Waals surface area contributed by atoms with Crippen molar-refractivity contribution in [3.8, 4) is 0 Å². The second kappa shape index (κ2) is 11.4. The van der Waals surface area contributed by atoms with Crippen molar-refractivity contribution in [3.63, 3.8) is 0 Å². The van der Waals surface area contributed by atoms with E-state index in [9.17, 15) is 0 Å². The van der Waals surface area contributed by atoms with Crippen LogP contribution in [0.2, 0.25) is 0 Å². The van der Waals surface area contributed by atoms with Crippen LogP contribution in [0.15, 0.2) is 12.3 Å². The zero-order chi connectivity index (χ0) is 14.7. The molecule has 114 valence electrons. The first-order valence-electron chi connectivity index (χ1n) is 8.52. The summed E-state index contributed by atoms with van der Waals surface area (Å²) >= 11 is 0. The molecule has 0 aliphatic rings. The SMILES string of the molecule is C=C(CCC)NCCCC(C)C(CC)C(CC)CC. The molecule has 0 radical (unpaired) electrons. The quantitative estimate of drug-likeness (QED) is 0.443. The number of rotatable bonds is 12. The second-order valence-electron chi connectivity index (χ2n) is 6.05. The van der Waals surface area contributed by atoms with Gasteiger partial charge in [0.2, 0.25) is 0 Å². The standard InChI is InChI=1S/C18H37N/c1-7-12-16(6)19-14-11-13-15(5)18(10-4)17(8-2)9-3/h15,17-19H,6-14H2,1-5H3. The molecule has 0 aromatic rings. The van der Waals surface area contributed by atoms with E-state index in [0.29, 0.717) is 0 Å². The third-order valence-corrected chi connectivity index (χ3v) is 4.62. The highest BCUT2D eigenvalue weighted by molar-refractivity contribution is 4.89. The van der Waals surface area contributed by atoms with E-state index in [-0.39, 0.29) is 0 Å². The Morgan fingerprint density at radius 3 is 2.16 bits per heavy atom. The Labute approximate surface area is 122 Å². The molecule has 0 amide bonds. The van der Waals surface area contributed by atoms with Crippen LogP contribution in [0.5, 0.6) is 0 Å². The van der Waals surface area contributed by atoms with Gasteiger partial charge in [0, 0.05) is 12.2 Å². The lowest BCUT2D eigenvalue weighted by Gasteiger charge is -2.30. The zero-order valence-electron chi connectivity index (χ0n) is 14.1. The highest BCUT2D eigenvalue weighted by Gasteiger charge is 2.22. The topological polar surface area (TPSA) is 12.0 Å². The fraction of sp³-hybridized carbons (Fsp3) is 0.889. The van der Waals surface area contributed by atoms with E-state index < -0.39 is 0 Å². The Morgan fingerprint density at radius 2 is 1.68 bits per heavy atom. The molecule has 0 saturated carbocycles. The Kier molecular flexibility index (Phi) is 11.1. The van der Waals surface area contributed by atoms with E-state index in [0.717, 1.165) is 30.7 Å². The first kappa shape index (κ1) is 18.5. The summed E-state index contributed by atoms with van der Waals surface area (Å²) in [5, 5.41) is 3.46. The van der Waals surface area contributed by atoms with Gasteiger partial charge >= 0.3 is 0 Å². The van der Waals surface area contributed by atoms with Crippen molar-refractivity contribution in [1.82, 2.24) is 5.32 Å². The predicted octanol–water partition coefficient (Wildman–Crippen LogP) is 5.77. The van der Waals surface area contributed by atoms with Crippen molar-refractivity contribution < 1.29 is 0 Å². The summed E-state index contributed by atoms with van der Waals surface area (Å²) < 4.78 is 0. The molecule has 0 aromatic heterocycles. The highest BCUT2D eigenvalue weighted by atomic mass is 14.9. The summed E-state index contributed by atoms with van der Waals surface area (Å²) in [7, 11) is 0. The maximum atomic E-state index is 4.06. The number of hydrogen-bond donors (Lipinski definition) is 1. The average Bonchev–Trinajstić information content (AvgIpc) is 2.40. The van der Waals surface area contributed by atoms with E-state index in [4.69, 9.17) is 0 Å². The molecule has 0 spiro atoms. The van der Waals surface area contributed by atoms with Gasteiger partial charge in [0.25, 0.3) is 0 Å². The van der Waals surface area contributed by atoms with Crippen LogP contribution < -0.4 is 5.32 Å². The van der Waals surface area contributed by atoms with E-state index in [2.05, 4.69) is 46.5 Å². The fourth-order valence-electron chi connectivity index (χ4n) is 3.39. The second-order valence-corrected chi connectivity index (χ2v) is 6.05. The molecular formula is C18H37N. The van der Waals surface area contributed by atoms with Crippen LogP contribution in [-0.4, -0.2) is 6.54 Å². The maximum Gasteiger partial charge on any atom is 0.0143 e. The average molecular weight is 268 g/mol. The van der Waals surface area contributed by atoms with Gasteiger partial charge in [0.05, 0.1) is 0 Å². The van der Waals surface area contributed by atoms with Crippen molar-refractivity contribution >= 4 is 0 Å². The normalized spacial score (nSPS) is 14.4. The highest BCUT2D eigenvalue weighted by Crippen LogP contribution is 2.31. The molecule has 2 atom stereocenters. The summed E-state index contributed by atoms with van der Waals surface area (Å²) in [5.74, 6) is 2.69. The van der Waals surface area contributed by atoms with Crippen LogP contribution in [0.3, 0.4) is 0 Å². The Balaban J connectivity index is 3.94. The van der Waals surface area contributed by atoms with Crippen molar-refractivity contribution in [3.05, 3.63) is 12.3 Å². The van der Waals surface area contributed by atoms with Crippen LogP contribution in [0.25, 0.3) is 0 Å². The smallest absolute Gasteiger partial charge is 0.0143 e. The van der Waals surface area contributed by atoms with Gasteiger partial charge in [-0.15, -0.1) is 0 Å². The number of hydrogen-bond acceptors (Lipinski definition) is 1. The van der Waals surface area contributed by atoms with Gasteiger partial charge in [-0.1, -0.05) is 66.9 Å². The van der Waals surface area contributed by atoms with Crippen molar-refractivity contribution in [2.75, 3.05) is 6.54 Å². The van der Waals surface area contributed by atoms with Gasteiger partial charge in [-0.05, 0) is 37.0 Å². The molecule has 1 nitrogen and oxygen atoms in total. The van der Waals surface area contributed by atoms with Gasteiger partial charge < -0.3 is 5.32 Å². The summed E-state index contributed by atoms with van der Waals surface area (Å²) in [6, 6.07) is 0. The third-order valence-electron chi connectivity index (χ3n) is 4.62. The van der Waals surface area contributed by atoms with E-state index in [1.54, 1.807) is 0 Å². The van der Waals surface area contributed by atoms with E-state index >= 15 is 0 Å². The number of nitrogens with one attached hydrogen (secondary N) is 1. The minimum Gasteiger partial charge on any atom is -0.389 e. The summed E-state index contributed by atoms with van der Waals surface area (Å²) in [6.07, 6.45) is 8.94. The Hall–Kier alpha value is -0.460. The molecule has 0 saturated heterocycles. The van der Waals surface area contributed by atoms with Crippen molar-refractivity contribution in [2.24, 2.45) is 17.8 Å². The van der Waals surface area contributed by atoms with Crippen molar-refractivity contribution in [1.29, 1.82) is 0 Å². The predicted molar refractivity (Wildman–Crippen MR) is 88.3 cm³/mol. The molecular weight excluding hydrogens is 230 g/mol. The molecule has 19 heavy (non-hydrogen) atoms. The zero-order valence-corrected chi connectivity index (χ0v) is 14.1. The van der Waals surface area contributed by atoms with Crippen LogP contribution >= 0.6 is 0 Å². The minimum atomic E-state index is 0.858. The monoisotopic (exact) mass is 267 g/mol. The summed E-state index contributed by atoms with van der Waals surface area (Å²) in [6.45, 7) is 16.9. The van der Waals surface area contributed by atoms with Gasteiger partial charge in [0.15, 0.2) is 0 Å². The van der Waals surface area contributed by atoms with Gasteiger partial charge in [0.1, 0.15) is 0 Å². The lowest BCUT2D eigenvalue weighted by atomic mass is 9.76. The first-order chi connectivity index (χ1) is 9.10. The Morgan fingerprint density at radius 1 is 1.05 bits per heavy atom. The Bertz CT molecular complexity index is 218. The number of allylic oxidation sites excluding steroid dienone is 1. The maximum absolute atomic E-state index is 4.06. The fourth-order valence-corrected chi connectivity index (χ4v) is 3.39. The van der Waals surface area contributed by atoms with Crippen LogP contribution in [0.4, 0.5) is 0 Å². The van der Waals surface area contributed by atoms with Crippen LogP contribution in [0, 0.1) is 17.8 Å². The first-order valence-corrected chi connectivity index (χ1v) is 8.52. The van der Waals surface area contributed by atoms with E-state index in [1.807, 2.05) is 0 Å². The molecule has 0 rings (SSSR count). The van der Waals surface area contributed by atoms with Gasteiger partial charge in [-0.2, -0.15) is 0 Å². The molecule has 0 bridgehead atoms. The molecule has 2 unspecified atom stereocenters. The minimum absolute atomic E-state index is 0.858. The molecule has 0 fully saturated rings. The molecule has 0 heterocycles. The molecule has 1 N–H and O–H groups in total. The van der Waals surface area contributed by atoms with Crippen LogP contribution in [0.1, 0.15) is 79.6 Å². The largest absolute Gasteiger partial charge is 0.389 e. The van der Waals surface area contributed by atoms with Crippen LogP contribution in [-0.2, 0) is 0 Å². The lowest BCUT2D eigenvalue weighted by Crippen LogP contribution is -2.22. The van der Waals surface area contributed by atoms with Gasteiger partial charge in [-0.25, -0.2) is 0 Å². The lowest BCUT2D eigenvalue weighted by molar-refractivity contribution is 0.207. The third kappa shape index (κ3) is 7.64. The van der Waals surface area contributed by atoms with Crippen molar-refractivity contribution in [2.45, 2.75) is 79.6 Å². The summed E-state index contributed by atoms with van der Waals surface area (Å²) in [4.78, 5) is 0. The molecule has 1 heteroatoms. The van der Waals surface area contributed by atoms with E-state index in [1.165, 1.54) is 44.2 Å². The molecule has 0 aromatic carbocycles. The van der Waals surface area contributed by atoms with Gasteiger partial charge in [-0.3, -0.25) is 0 Å². The summed E-state index contributed by atoms with van der Waals surface area (Å²) in [5.41, 5.74) is 1.21. The molecule has 0 aliphatic carbocycles. The molecule has 0 aliphatic heterocycles.